The smallest absolute Gasteiger partial charge is 0.246 e. The summed E-state index contributed by atoms with van der Waals surface area (Å²) in [6.45, 7) is 0. The maximum atomic E-state index is 5.58. The minimum absolute atomic E-state index is 0.153. The topological polar surface area (TPSA) is 120 Å². The molecule has 8 nitrogen and oxygen atoms in total. The number of hydrogen-bond acceptors (Lipinski definition) is 8. The summed E-state index contributed by atoms with van der Waals surface area (Å²) < 4.78 is 11.0. The van der Waals surface area contributed by atoms with Crippen LogP contribution in [0.25, 0.3) is 0 Å². The molecule has 0 aromatic heterocycles. The van der Waals surface area contributed by atoms with Crippen molar-refractivity contribution in [3.8, 4) is 0 Å². The second-order valence-electron chi connectivity index (χ2n) is 4.40. The molecule has 1 unspecified atom stereocenters. The zero-order valence-electron chi connectivity index (χ0n) is 11.1. The van der Waals surface area contributed by atoms with Crippen LogP contribution in [0.2, 0.25) is 0 Å². The van der Waals surface area contributed by atoms with Gasteiger partial charge in [0.15, 0.2) is 17.4 Å². The lowest BCUT2D eigenvalue weighted by Gasteiger charge is -2.11. The Morgan fingerprint density at radius 1 is 1.14 bits per heavy atom. The van der Waals surface area contributed by atoms with Gasteiger partial charge in [0.25, 0.3) is 0 Å². The zero-order chi connectivity index (χ0) is 14.7. The van der Waals surface area contributed by atoms with E-state index in [1.54, 1.807) is 0 Å². The molecular formula is C13H14N6O2. The van der Waals surface area contributed by atoms with Crippen molar-refractivity contribution in [2.75, 3.05) is 0 Å². The Hall–Kier alpha value is -3.03. The van der Waals surface area contributed by atoms with E-state index < -0.39 is 6.29 Å². The minimum atomic E-state index is -0.393. The number of ether oxygens (including phenoxy) is 2. The van der Waals surface area contributed by atoms with Crippen molar-refractivity contribution in [2.24, 2.45) is 26.8 Å². The van der Waals surface area contributed by atoms with Crippen LogP contribution in [0, 0.1) is 0 Å². The highest BCUT2D eigenvalue weighted by Crippen LogP contribution is 2.16. The summed E-state index contributed by atoms with van der Waals surface area (Å²) in [5.41, 5.74) is 15.2. The molecule has 1 aromatic carbocycles. The maximum absolute atomic E-state index is 5.58. The molecule has 8 heteroatoms. The molecule has 0 bridgehead atoms. The molecule has 0 amide bonds. The summed E-state index contributed by atoms with van der Waals surface area (Å²) in [6, 6.07) is 9.90. The number of benzene rings is 1. The van der Waals surface area contributed by atoms with E-state index >= 15 is 0 Å². The van der Waals surface area contributed by atoms with Gasteiger partial charge in [-0.1, -0.05) is 30.3 Å². The van der Waals surface area contributed by atoms with Gasteiger partial charge in [0, 0.05) is 6.42 Å². The van der Waals surface area contributed by atoms with Crippen LogP contribution in [-0.2, 0) is 15.9 Å². The monoisotopic (exact) mass is 286 g/mol. The predicted octanol–water partition coefficient (Wildman–Crippen LogP) is -0.0105. The molecule has 5 N–H and O–H groups in total. The first-order valence-electron chi connectivity index (χ1n) is 6.29. The van der Waals surface area contributed by atoms with Gasteiger partial charge >= 0.3 is 0 Å². The van der Waals surface area contributed by atoms with E-state index in [2.05, 4.69) is 20.7 Å². The van der Waals surface area contributed by atoms with Crippen LogP contribution >= 0.6 is 0 Å². The first-order valence-corrected chi connectivity index (χ1v) is 6.29. The van der Waals surface area contributed by atoms with Gasteiger partial charge < -0.3 is 20.9 Å². The van der Waals surface area contributed by atoms with Gasteiger partial charge in [-0.15, -0.1) is 10.2 Å². The molecular weight excluding hydrogens is 272 g/mol. The molecule has 0 aliphatic carbocycles. The van der Waals surface area contributed by atoms with Crippen LogP contribution in [0.15, 0.2) is 57.8 Å². The fraction of sp³-hybridized carbons (Fsp3) is 0.154. The Morgan fingerprint density at radius 2 is 1.86 bits per heavy atom. The van der Waals surface area contributed by atoms with Crippen molar-refractivity contribution in [3.63, 3.8) is 0 Å². The summed E-state index contributed by atoms with van der Waals surface area (Å²) in [5.74, 6) is 0.677. The highest BCUT2D eigenvalue weighted by Gasteiger charge is 2.21. The predicted molar refractivity (Wildman–Crippen MR) is 78.0 cm³/mol. The largest absolute Gasteiger partial charge is 0.456 e. The van der Waals surface area contributed by atoms with Crippen LogP contribution in [0.1, 0.15) is 5.56 Å². The molecule has 2 aliphatic heterocycles. The quantitative estimate of drug-likeness (QED) is 0.672. The normalized spacial score (nSPS) is 20.1. The number of hydrogen-bond donors (Lipinski definition) is 3. The van der Waals surface area contributed by atoms with Crippen molar-refractivity contribution in [1.82, 2.24) is 5.43 Å². The molecule has 0 saturated heterocycles. The number of nitrogens with two attached hydrogens (primary N) is 2. The van der Waals surface area contributed by atoms with Crippen LogP contribution in [0.3, 0.4) is 0 Å². The number of nitrogens with zero attached hydrogens (tertiary/aromatic N) is 3. The molecule has 108 valence electrons. The first-order chi connectivity index (χ1) is 10.2. The maximum Gasteiger partial charge on any atom is 0.246 e. The van der Waals surface area contributed by atoms with Gasteiger partial charge in [-0.25, -0.2) is 5.43 Å². The molecule has 2 heterocycles. The van der Waals surface area contributed by atoms with Gasteiger partial charge in [0.2, 0.25) is 12.2 Å². The third-order valence-corrected chi connectivity index (χ3v) is 2.86. The van der Waals surface area contributed by atoms with Crippen LogP contribution in [-0.4, -0.2) is 23.7 Å². The van der Waals surface area contributed by atoms with Crippen LogP contribution in [0.4, 0.5) is 0 Å². The van der Waals surface area contributed by atoms with Gasteiger partial charge in [-0.3, -0.25) is 0 Å². The molecule has 1 aromatic rings. The van der Waals surface area contributed by atoms with Gasteiger partial charge in [0.1, 0.15) is 6.26 Å². The zero-order valence-corrected chi connectivity index (χ0v) is 11.1. The van der Waals surface area contributed by atoms with E-state index in [0.717, 1.165) is 5.56 Å². The first kappa shape index (κ1) is 13.0. The Bertz CT molecular complexity index is 630. The Morgan fingerprint density at radius 3 is 2.57 bits per heavy atom. The highest BCUT2D eigenvalue weighted by atomic mass is 16.7. The van der Waals surface area contributed by atoms with Crippen LogP contribution in [0.5, 0.6) is 0 Å². The summed E-state index contributed by atoms with van der Waals surface area (Å²) in [4.78, 5) is 0. The number of nitrogens with one attached hydrogen (secondary N) is 1. The van der Waals surface area contributed by atoms with Crippen molar-refractivity contribution in [3.05, 3.63) is 48.0 Å². The van der Waals surface area contributed by atoms with Gasteiger partial charge in [0.05, 0.1) is 0 Å². The number of hydrazone groups is 1. The Labute approximate surface area is 120 Å². The van der Waals surface area contributed by atoms with Crippen LogP contribution < -0.4 is 16.9 Å². The average Bonchev–Trinajstić information content (AvgIpc) is 3.06. The van der Waals surface area contributed by atoms with E-state index in [9.17, 15) is 0 Å². The second-order valence-corrected chi connectivity index (χ2v) is 4.40. The van der Waals surface area contributed by atoms with Crippen molar-refractivity contribution >= 4 is 17.4 Å². The minimum Gasteiger partial charge on any atom is -0.456 e. The lowest BCUT2D eigenvalue weighted by atomic mass is 10.1. The molecule has 21 heavy (non-hydrogen) atoms. The SMILES string of the molecule is NC1=NN=C(N)C1=NNC1=COC(Cc2ccccc2)O1. The molecule has 0 radical (unpaired) electrons. The molecule has 0 saturated carbocycles. The van der Waals surface area contributed by atoms with Crippen molar-refractivity contribution in [2.45, 2.75) is 12.7 Å². The van der Waals surface area contributed by atoms with Gasteiger partial charge in [-0.2, -0.15) is 5.10 Å². The fourth-order valence-electron chi connectivity index (χ4n) is 1.84. The summed E-state index contributed by atoms with van der Waals surface area (Å²) >= 11 is 0. The Kier molecular flexibility index (Phi) is 3.42. The number of amidine groups is 2. The van der Waals surface area contributed by atoms with E-state index in [4.69, 9.17) is 20.9 Å². The highest BCUT2D eigenvalue weighted by molar-refractivity contribution is 6.68. The fourth-order valence-corrected chi connectivity index (χ4v) is 1.84. The van der Waals surface area contributed by atoms with E-state index in [1.807, 2.05) is 30.3 Å². The van der Waals surface area contributed by atoms with E-state index in [1.165, 1.54) is 6.26 Å². The lowest BCUT2D eigenvalue weighted by molar-refractivity contribution is -0.0337. The van der Waals surface area contributed by atoms with Crippen molar-refractivity contribution in [1.29, 1.82) is 0 Å². The molecule has 1 atom stereocenters. The molecule has 2 aliphatic rings. The molecule has 0 fully saturated rings. The standard InChI is InChI=1S/C13H14N6O2/c14-12-11(13(15)19-18-12)17-16-9-7-20-10(21-9)6-8-4-2-1-3-5-8/h1-5,7,10,16H,6H2,(H4,14,15,17,18,19). The number of rotatable bonds is 4. The van der Waals surface area contributed by atoms with Crippen molar-refractivity contribution < 1.29 is 9.47 Å². The lowest BCUT2D eigenvalue weighted by Crippen LogP contribution is -2.33. The molecule has 0 spiro atoms. The third kappa shape index (κ3) is 2.94. The Balaban J connectivity index is 1.54. The molecule has 3 rings (SSSR count). The summed E-state index contributed by atoms with van der Waals surface area (Å²) in [6.07, 6.45) is 1.69. The summed E-state index contributed by atoms with van der Waals surface area (Å²) in [5, 5.41) is 11.2. The average molecular weight is 286 g/mol. The third-order valence-electron chi connectivity index (χ3n) is 2.86. The second kappa shape index (κ2) is 5.53. The van der Waals surface area contributed by atoms with Gasteiger partial charge in [-0.05, 0) is 5.56 Å². The van der Waals surface area contributed by atoms with E-state index in [-0.39, 0.29) is 17.4 Å². The summed E-state index contributed by atoms with van der Waals surface area (Å²) in [7, 11) is 0. The van der Waals surface area contributed by atoms with E-state index in [0.29, 0.717) is 12.3 Å².